The van der Waals surface area contributed by atoms with Gasteiger partial charge in [0.2, 0.25) is 0 Å². The third kappa shape index (κ3) is 22.1. The van der Waals surface area contributed by atoms with Crippen molar-refractivity contribution in [3.63, 3.8) is 0 Å². The second-order valence-electron chi connectivity index (χ2n) is 28.5. The van der Waals surface area contributed by atoms with E-state index in [0.29, 0.717) is 51.5 Å². The van der Waals surface area contributed by atoms with Crippen molar-refractivity contribution in [1.82, 2.24) is 0 Å². The van der Waals surface area contributed by atoms with Crippen molar-refractivity contribution in [2.75, 3.05) is 6.61 Å². The summed E-state index contributed by atoms with van der Waals surface area (Å²) in [4.78, 5) is 103. The van der Waals surface area contributed by atoms with Crippen molar-refractivity contribution in [1.29, 1.82) is 0 Å². The zero-order valence-corrected chi connectivity index (χ0v) is 61.3. The molecule has 0 aromatic heterocycles. The van der Waals surface area contributed by atoms with Gasteiger partial charge in [-0.25, -0.2) is 38.4 Å². The van der Waals surface area contributed by atoms with Gasteiger partial charge in [-0.2, -0.15) is 17.6 Å². The lowest BCUT2D eigenvalue weighted by Gasteiger charge is -2.60. The second kappa shape index (κ2) is 37.5. The number of hydrogen-bond acceptors (Lipinski definition) is 18. The fraction of sp³-hybridized carbons (Fsp3) is 0.654. The fourth-order valence-electron chi connectivity index (χ4n) is 14.8. The maximum Gasteiger partial charge on any atom is 0.381 e. The molecule has 10 rings (SSSR count). The molecule has 9 aliphatic rings. The molecule has 22 heteroatoms. The molecule has 8 saturated carbocycles. The van der Waals surface area contributed by atoms with Crippen molar-refractivity contribution >= 4 is 53.7 Å². The molecule has 1 aliphatic heterocycles. The van der Waals surface area contributed by atoms with E-state index < -0.39 is 47.9 Å². The highest BCUT2D eigenvalue weighted by molar-refractivity contribution is 5.90. The molecule has 0 N–H and O–H groups in total. The number of alkyl halides is 4. The van der Waals surface area contributed by atoms with Gasteiger partial charge in [0, 0.05) is 45.3 Å². The molecule has 100 heavy (non-hydrogen) atoms. The van der Waals surface area contributed by atoms with Crippen molar-refractivity contribution in [3.05, 3.63) is 109 Å². The minimum absolute atomic E-state index is 0.0110. The van der Waals surface area contributed by atoms with Crippen molar-refractivity contribution in [2.24, 2.45) is 47.3 Å². The molecule has 1 aromatic carbocycles. The van der Waals surface area contributed by atoms with Crippen LogP contribution in [-0.4, -0.2) is 113 Å². The maximum atomic E-state index is 14.0. The summed E-state index contributed by atoms with van der Waals surface area (Å²) in [5.41, 5.74) is 1.93. The first-order valence-electron chi connectivity index (χ1n) is 35.4. The van der Waals surface area contributed by atoms with Gasteiger partial charge in [0.05, 0.1) is 12.5 Å². The zero-order chi connectivity index (χ0) is 75.4. The van der Waals surface area contributed by atoms with Gasteiger partial charge in [0.1, 0.15) is 35.6 Å². The Labute approximate surface area is 589 Å². The van der Waals surface area contributed by atoms with E-state index in [4.69, 9.17) is 23.7 Å². The van der Waals surface area contributed by atoms with Gasteiger partial charge in [0.15, 0.2) is 12.2 Å². The van der Waals surface area contributed by atoms with Gasteiger partial charge in [-0.3, -0.25) is 4.79 Å². The number of carbonyl (C=O) groups is 9. The van der Waals surface area contributed by atoms with E-state index in [0.717, 1.165) is 63.2 Å². The van der Waals surface area contributed by atoms with E-state index in [1.54, 1.807) is 58.0 Å². The average molecular weight is 1410 g/mol. The predicted octanol–water partition coefficient (Wildman–Crippen LogP) is 16.0. The van der Waals surface area contributed by atoms with Crippen LogP contribution in [0.5, 0.6) is 0 Å². The molecule has 0 spiro atoms. The van der Waals surface area contributed by atoms with Gasteiger partial charge in [-0.1, -0.05) is 111 Å². The predicted molar refractivity (Wildman–Crippen MR) is 367 cm³/mol. The maximum absolute atomic E-state index is 14.0. The largest absolute Gasteiger partial charge is 0.461 e. The number of ether oxygens (including phenoxy) is 9. The average Bonchev–Trinajstić information content (AvgIpc) is 1.02. The number of benzene rings is 1. The summed E-state index contributed by atoms with van der Waals surface area (Å²) < 4.78 is 101. The van der Waals surface area contributed by atoms with E-state index in [1.165, 1.54) is 92.4 Å². The number of halogens is 4. The van der Waals surface area contributed by atoms with Crippen molar-refractivity contribution in [2.45, 2.75) is 272 Å². The number of carbonyl (C=O) groups excluding carboxylic acids is 9. The van der Waals surface area contributed by atoms with Crippen LogP contribution in [0.15, 0.2) is 103 Å². The van der Waals surface area contributed by atoms with Gasteiger partial charge in [-0.15, -0.1) is 0 Å². The van der Waals surface area contributed by atoms with Gasteiger partial charge < -0.3 is 42.6 Å². The molecule has 558 valence electrons. The van der Waals surface area contributed by atoms with Crippen LogP contribution in [0.3, 0.4) is 0 Å². The summed E-state index contributed by atoms with van der Waals surface area (Å²) >= 11 is 0. The van der Waals surface area contributed by atoms with Crippen LogP contribution in [0, 0.1) is 47.3 Å². The Morgan fingerprint density at radius 3 is 1.38 bits per heavy atom. The Morgan fingerprint density at radius 2 is 0.970 bits per heavy atom. The molecule has 8 aliphatic carbocycles. The van der Waals surface area contributed by atoms with Crippen LogP contribution in [0.1, 0.15) is 218 Å². The lowest BCUT2D eigenvalue weighted by atomic mass is 9.49. The quantitative estimate of drug-likeness (QED) is 0.0405. The first kappa shape index (κ1) is 85.0. The Hall–Kier alpha value is -7.39. The van der Waals surface area contributed by atoms with Gasteiger partial charge >= 0.3 is 65.6 Å². The minimum Gasteiger partial charge on any atom is -0.461 e. The van der Waals surface area contributed by atoms with E-state index in [2.05, 4.69) is 86.1 Å². The van der Waals surface area contributed by atoms with Crippen molar-refractivity contribution < 1.29 is 103 Å². The molecule has 18 nitrogen and oxygen atoms in total. The Morgan fingerprint density at radius 1 is 0.540 bits per heavy atom. The Bertz CT molecular complexity index is 3090. The van der Waals surface area contributed by atoms with Gasteiger partial charge in [0.25, 0.3) is 0 Å². The molecular formula is C78H110F4O18. The lowest BCUT2D eigenvalue weighted by molar-refractivity contribution is -0.207. The third-order valence-electron chi connectivity index (χ3n) is 20.5. The Balaban J connectivity index is 0.000000257. The molecule has 6 bridgehead atoms. The smallest absolute Gasteiger partial charge is 0.381 e. The molecule has 1 aromatic rings. The summed E-state index contributed by atoms with van der Waals surface area (Å²) in [5.74, 6) is -10.2. The summed E-state index contributed by atoms with van der Waals surface area (Å²) in [7, 11) is 0. The number of hydrogen-bond donors (Lipinski definition) is 0. The summed E-state index contributed by atoms with van der Waals surface area (Å²) in [6, 6.07) is 8.44. The van der Waals surface area contributed by atoms with Crippen LogP contribution < -0.4 is 0 Å². The van der Waals surface area contributed by atoms with E-state index in [9.17, 15) is 60.7 Å². The zero-order valence-electron chi connectivity index (χ0n) is 61.3. The molecule has 9 fully saturated rings. The van der Waals surface area contributed by atoms with Crippen LogP contribution in [0.25, 0.3) is 0 Å². The fourth-order valence-corrected chi connectivity index (χ4v) is 14.8. The molecule has 0 radical (unpaired) electrons. The van der Waals surface area contributed by atoms with Gasteiger partial charge in [-0.05, 0) is 206 Å². The normalized spacial score (nSPS) is 25.3. The second-order valence-corrected chi connectivity index (χ2v) is 28.5. The minimum atomic E-state index is -3.92. The standard InChI is InChI=1S/C16H18F2O4.C16H24O2.C12H14O4.C12H20O2.C11H16F2O4.C11H18O2/c1-4-13(22-14(19)11(2)3)16(17,18)15(20)21-10-12-8-6-5-7-9-12;1-4-16(18-15(17)10(2)3)13-6-11-5-12(8-13)9-14(16)7-11;1-5(2)11(13)15-9-6-3-7-8(4-6)12(14)16-10(7)9;1-9(2)11(13)14-12(10(3)4)7-5-6-8-12;1-5-8(17-9(14)7(3)4)11(12,13)10(15)16-6-2;1-4-11(7-5-6-8-11)13-10(12)9(2)3/h5-9,13H,2,4,10H2,1,3H3;11-14H,2,4-9H2,1,3H3;6-10H,1,3-4H2,2H3;10H,1,5-8H2,2-4H3;8H,3,5-6H2,1-2,4H3;2,4-8H2,1,3H3. The van der Waals surface area contributed by atoms with Crippen LogP contribution in [0.4, 0.5) is 17.6 Å². The highest BCUT2D eigenvalue weighted by atomic mass is 19.3. The highest BCUT2D eigenvalue weighted by Crippen LogP contribution is 2.61. The number of esters is 9. The molecule has 1 saturated heterocycles. The summed E-state index contributed by atoms with van der Waals surface area (Å²) in [6.45, 7) is 42.7. The summed E-state index contributed by atoms with van der Waals surface area (Å²) in [5, 5.41) is 0. The first-order chi connectivity index (χ1) is 46.7. The van der Waals surface area contributed by atoms with Crippen molar-refractivity contribution in [3.8, 4) is 0 Å². The van der Waals surface area contributed by atoms with Crippen LogP contribution in [0.2, 0.25) is 0 Å². The van der Waals surface area contributed by atoms with E-state index in [1.807, 2.05) is 0 Å². The summed E-state index contributed by atoms with van der Waals surface area (Å²) in [6.07, 6.45) is 14.4. The molecule has 7 unspecified atom stereocenters. The topological polar surface area (TPSA) is 237 Å². The molecule has 7 atom stereocenters. The first-order valence-corrected chi connectivity index (χ1v) is 35.4. The molecular weight excluding hydrogens is 1300 g/mol. The molecule has 0 amide bonds. The third-order valence-corrected chi connectivity index (χ3v) is 20.5. The monoisotopic (exact) mass is 1410 g/mol. The van der Waals surface area contributed by atoms with E-state index >= 15 is 0 Å². The number of rotatable bonds is 24. The molecule has 1 heterocycles. The van der Waals surface area contributed by atoms with Crippen LogP contribution >= 0.6 is 0 Å². The lowest BCUT2D eigenvalue weighted by Crippen LogP contribution is -2.59. The SMILES string of the molecule is C=C(C)C(=O)OC(CC)C(F)(F)C(=O)OCC.C=C(C)C(=O)OC(CC)C(F)(F)C(=O)OCc1ccccc1.C=C(C)C(=O)OC1(C(C)C)CCCC1.C=C(C)C(=O)OC1(CC)C2CC3CC(C2)CC1C3.C=C(C)C(=O)OC1(CC)CCCC1.C=C(C)C(=O)OC1C2CC3C(=O)OC1C3C2. The number of fused-ring (bicyclic) bond motifs is 1. The van der Waals surface area contributed by atoms with E-state index in [-0.39, 0.29) is 108 Å². The Kier molecular flexibility index (Phi) is 31.9. The van der Waals surface area contributed by atoms with Crippen LogP contribution in [-0.2, 0) is 92.4 Å². The highest BCUT2D eigenvalue weighted by Gasteiger charge is 2.64.